The zero-order valence-electron chi connectivity index (χ0n) is 32.3. The fraction of sp³-hybridized carbons (Fsp3) is 0.263. The number of amidine groups is 1. The highest BCUT2D eigenvalue weighted by Gasteiger charge is 2.32. The second-order valence-corrected chi connectivity index (χ2v) is 15.5. The van der Waals surface area contributed by atoms with E-state index in [2.05, 4.69) is 24.4 Å². The van der Waals surface area contributed by atoms with Crippen LogP contribution in [0.25, 0.3) is 0 Å². The summed E-state index contributed by atoms with van der Waals surface area (Å²) in [6, 6.07) is 18.8. The van der Waals surface area contributed by atoms with Crippen molar-refractivity contribution in [3.8, 4) is 34.5 Å². The Kier molecular flexibility index (Phi) is 16.4. The molecular formula is C38H43ClN6O12S2. The number of hydrogen-bond acceptors (Lipinski definition) is 16. The molecule has 0 saturated carbocycles. The van der Waals surface area contributed by atoms with Crippen LogP contribution < -0.4 is 24.4 Å². The molecule has 0 aliphatic carbocycles. The molecule has 6 rings (SSSR count). The summed E-state index contributed by atoms with van der Waals surface area (Å²) in [6.07, 6.45) is 4.14. The second kappa shape index (κ2) is 21.2. The Labute approximate surface area is 346 Å². The van der Waals surface area contributed by atoms with E-state index in [0.29, 0.717) is 53.3 Å². The number of hydrogen-bond donors (Lipinski definition) is 5. The third-order valence-corrected chi connectivity index (χ3v) is 11.1. The van der Waals surface area contributed by atoms with Crippen LogP contribution in [0.4, 0.5) is 0 Å². The summed E-state index contributed by atoms with van der Waals surface area (Å²) in [6.45, 7) is 0.926. The van der Waals surface area contributed by atoms with Gasteiger partial charge in [0.25, 0.3) is 20.0 Å². The molecule has 0 aromatic heterocycles. The average Bonchev–Trinajstić information content (AvgIpc) is 3.64. The van der Waals surface area contributed by atoms with Gasteiger partial charge in [-0.2, -0.15) is 27.0 Å². The molecule has 0 bridgehead atoms. The Balaban J connectivity index is 0.000000216. The number of rotatable bonds is 14. The van der Waals surface area contributed by atoms with Gasteiger partial charge in [0, 0.05) is 37.4 Å². The highest BCUT2D eigenvalue weighted by atomic mass is 35.5. The maximum Gasteiger partial charge on any atom is 0.285 e. The van der Waals surface area contributed by atoms with Gasteiger partial charge in [-0.25, -0.2) is 5.01 Å². The van der Waals surface area contributed by atoms with Crippen LogP contribution in [-0.4, -0.2) is 120 Å². The van der Waals surface area contributed by atoms with Gasteiger partial charge in [0.05, 0.1) is 45.8 Å². The molecular weight excluding hydrogens is 832 g/mol. The number of benzene rings is 4. The van der Waals surface area contributed by atoms with Crippen molar-refractivity contribution in [2.24, 2.45) is 19.0 Å². The number of ether oxygens (including phenoxy) is 4. The Bertz CT molecular complexity index is 2450. The number of fused-ring (bicyclic) bond motifs is 2. The van der Waals surface area contributed by atoms with Gasteiger partial charge in [-0.1, -0.05) is 11.6 Å². The average molecular weight is 875 g/mol. The number of aliphatic hydroxyl groups excluding tert-OH is 2. The first-order valence-corrected chi connectivity index (χ1v) is 20.7. The molecule has 4 aromatic carbocycles. The van der Waals surface area contributed by atoms with E-state index in [1.165, 1.54) is 57.9 Å². The number of nitrogens with one attached hydrogen (secondary N) is 1. The number of hydrazone groups is 2. The second-order valence-electron chi connectivity index (χ2n) is 12.0. The van der Waals surface area contributed by atoms with Crippen LogP contribution in [0.3, 0.4) is 0 Å². The topological polar surface area (TPSA) is 251 Å². The molecule has 0 saturated heterocycles. The number of aromatic hydroxyl groups is 2. The third kappa shape index (κ3) is 12.1. The van der Waals surface area contributed by atoms with E-state index in [1.54, 1.807) is 60.8 Å². The smallest absolute Gasteiger partial charge is 0.285 e. The minimum atomic E-state index is -3.85. The summed E-state index contributed by atoms with van der Waals surface area (Å²) in [5, 5.41) is 46.6. The van der Waals surface area contributed by atoms with E-state index in [1.807, 2.05) is 0 Å². The molecule has 0 fully saturated rings. The Morgan fingerprint density at radius 2 is 1.22 bits per heavy atom. The monoisotopic (exact) mass is 874 g/mol. The van der Waals surface area contributed by atoms with Gasteiger partial charge < -0.3 is 44.8 Å². The molecule has 18 nitrogen and oxygen atoms in total. The van der Waals surface area contributed by atoms with Gasteiger partial charge in [-0.15, -0.1) is 8.80 Å². The van der Waals surface area contributed by atoms with Crippen molar-refractivity contribution >= 4 is 55.1 Å². The van der Waals surface area contributed by atoms with Crippen molar-refractivity contribution in [2.75, 3.05) is 54.7 Å². The fourth-order valence-electron chi connectivity index (χ4n) is 5.13. The molecule has 59 heavy (non-hydrogen) atoms. The molecule has 316 valence electrons. The fourth-order valence-corrected chi connectivity index (χ4v) is 7.88. The number of phenolic OH excluding ortho intramolecular Hbond substituents is 2. The summed E-state index contributed by atoms with van der Waals surface area (Å²) in [5.41, 5.74) is 5.02. The molecule has 2 heterocycles. The van der Waals surface area contributed by atoms with E-state index >= 15 is 0 Å². The lowest BCUT2D eigenvalue weighted by Crippen LogP contribution is -2.27. The van der Waals surface area contributed by atoms with Gasteiger partial charge in [-0.05, 0) is 96.8 Å². The van der Waals surface area contributed by atoms with E-state index in [0.717, 1.165) is 5.56 Å². The summed E-state index contributed by atoms with van der Waals surface area (Å²) < 4.78 is 75.0. The summed E-state index contributed by atoms with van der Waals surface area (Å²) in [5.74, 6) is 1.99. The van der Waals surface area contributed by atoms with E-state index in [-0.39, 0.29) is 57.8 Å². The minimum Gasteiger partial charge on any atom is -0.504 e. The molecule has 4 aromatic rings. The largest absolute Gasteiger partial charge is 0.504 e. The minimum absolute atomic E-state index is 0.00549. The molecule has 0 radical (unpaired) electrons. The van der Waals surface area contributed by atoms with Crippen molar-refractivity contribution in [1.29, 1.82) is 0 Å². The Morgan fingerprint density at radius 1 is 0.695 bits per heavy atom. The van der Waals surface area contributed by atoms with Gasteiger partial charge in [0.15, 0.2) is 34.0 Å². The molecule has 0 atom stereocenters. The predicted molar refractivity (Wildman–Crippen MR) is 222 cm³/mol. The molecule has 5 N–H and O–H groups in total. The molecule has 2 aliphatic rings. The van der Waals surface area contributed by atoms with Crippen LogP contribution in [-0.2, 0) is 20.0 Å². The maximum absolute atomic E-state index is 12.4. The number of phenols is 2. The van der Waals surface area contributed by atoms with E-state index in [4.69, 9.17) is 35.7 Å². The lowest BCUT2D eigenvalue weighted by Gasteiger charge is -2.18. The quantitative estimate of drug-likeness (QED) is 0.0689. The lowest BCUT2D eigenvalue weighted by atomic mass is 10.2. The molecule has 2 aliphatic heterocycles. The van der Waals surface area contributed by atoms with E-state index < -0.39 is 20.0 Å². The number of nitrogens with zero attached hydrogens (tertiary/aromatic N) is 5. The third-order valence-electron chi connectivity index (χ3n) is 8.08. The summed E-state index contributed by atoms with van der Waals surface area (Å²) in [4.78, 5) is 0.201. The van der Waals surface area contributed by atoms with Crippen molar-refractivity contribution in [3.63, 3.8) is 0 Å². The van der Waals surface area contributed by atoms with Gasteiger partial charge in [-0.3, -0.25) is 0 Å². The summed E-state index contributed by atoms with van der Waals surface area (Å²) in [7, 11) is -1.51. The molecule has 0 unspecified atom stereocenters. The zero-order chi connectivity index (χ0) is 43.2. The maximum atomic E-state index is 12.4. The van der Waals surface area contributed by atoms with Gasteiger partial charge in [0.1, 0.15) is 16.4 Å². The normalized spacial score (nSPS) is 14.2. The molecule has 0 amide bonds. The Morgan fingerprint density at radius 3 is 1.76 bits per heavy atom. The zero-order valence-corrected chi connectivity index (χ0v) is 34.7. The first-order chi connectivity index (χ1) is 28.2. The van der Waals surface area contributed by atoms with Crippen LogP contribution >= 0.6 is 11.6 Å². The highest BCUT2D eigenvalue weighted by molar-refractivity contribution is 7.91. The Hall–Kier alpha value is -5.93. The SMILES string of the molecule is COc1cc(/C=N/NCCCO)ccc1O.COc1ccc2c(c1)C(Cl)=NS2(=O)=O.COc1ccc2c(c1)C(N(CCCO)/N=C/c1ccc(O)c(OC)c1)=NS2(=O)=O. The molecule has 0 spiro atoms. The number of sulfonamides is 2. The van der Waals surface area contributed by atoms with Gasteiger partial charge >= 0.3 is 0 Å². The first kappa shape index (κ1) is 45.8. The summed E-state index contributed by atoms with van der Waals surface area (Å²) >= 11 is 5.67. The van der Waals surface area contributed by atoms with Crippen LogP contribution in [0.2, 0.25) is 0 Å². The van der Waals surface area contributed by atoms with Crippen LogP contribution in [0.15, 0.2) is 102 Å². The van der Waals surface area contributed by atoms with Crippen molar-refractivity contribution in [1.82, 2.24) is 10.4 Å². The van der Waals surface area contributed by atoms with E-state index in [9.17, 15) is 32.2 Å². The standard InChI is InChI=1S/C19H21N3O6S.C11H16N2O3.C8H6ClNO3S/c1-27-14-5-7-18-15(11-14)19(21-29(18,25)26)22(8-3-9-23)20-12-13-4-6-16(24)17(10-13)28-2;1-16-11-7-9(3-4-10(11)15)8-13-12-5-2-6-14;1-13-5-2-3-7-6(4-5)8(9)10-14(7,11)12/h4-7,10-12,23-24H,3,8-9H2,1-2H3;3-4,7-8,12,14-15H,2,5-6H2,1H3;2-4H,1H3/b20-12+;13-8+;. The first-order valence-electron chi connectivity index (χ1n) is 17.5. The highest BCUT2D eigenvalue weighted by Crippen LogP contribution is 2.33. The van der Waals surface area contributed by atoms with Crippen LogP contribution in [0, 0.1) is 0 Å². The van der Waals surface area contributed by atoms with Crippen LogP contribution in [0.5, 0.6) is 34.5 Å². The van der Waals surface area contributed by atoms with Crippen molar-refractivity contribution in [2.45, 2.75) is 22.6 Å². The number of aliphatic hydroxyl groups is 2. The van der Waals surface area contributed by atoms with Crippen molar-refractivity contribution in [3.05, 3.63) is 95.1 Å². The predicted octanol–water partition coefficient (Wildman–Crippen LogP) is 3.67. The van der Waals surface area contributed by atoms with Crippen molar-refractivity contribution < 1.29 is 56.2 Å². The van der Waals surface area contributed by atoms with Crippen LogP contribution in [0.1, 0.15) is 35.1 Å². The number of halogens is 1. The number of methoxy groups -OCH3 is 4. The molecule has 21 heteroatoms. The van der Waals surface area contributed by atoms with Gasteiger partial charge in [0.2, 0.25) is 0 Å². The lowest BCUT2D eigenvalue weighted by molar-refractivity contribution is 0.269.